The first kappa shape index (κ1) is 16.4. The van der Waals surface area contributed by atoms with Crippen molar-refractivity contribution in [3.63, 3.8) is 0 Å². The summed E-state index contributed by atoms with van der Waals surface area (Å²) in [5, 5.41) is 0. The minimum Gasteiger partial charge on any atom is -0.490 e. The van der Waals surface area contributed by atoms with Crippen LogP contribution in [0.4, 0.5) is 0 Å². The molecule has 2 rings (SSSR count). The fourth-order valence-corrected chi connectivity index (χ4v) is 3.16. The predicted octanol–water partition coefficient (Wildman–Crippen LogP) is 5.15. The van der Waals surface area contributed by atoms with Gasteiger partial charge in [-0.25, -0.2) is 0 Å². The first-order valence-corrected chi connectivity index (χ1v) is 8.75. The van der Waals surface area contributed by atoms with Crippen molar-refractivity contribution in [3.8, 4) is 5.75 Å². The Morgan fingerprint density at radius 1 is 1.14 bits per heavy atom. The third-order valence-electron chi connectivity index (χ3n) is 4.47. The van der Waals surface area contributed by atoms with Crippen molar-refractivity contribution in [2.24, 2.45) is 5.73 Å². The zero-order chi connectivity index (χ0) is 15.1. The van der Waals surface area contributed by atoms with E-state index in [0.29, 0.717) is 6.10 Å². The number of fused-ring (bicyclic) bond motifs is 1. The molecular formula is C19H31NO. The molecule has 0 fully saturated rings. The Balaban J connectivity index is 1.69. The minimum absolute atomic E-state index is 0.182. The maximum Gasteiger partial charge on any atom is 0.123 e. The molecule has 2 unspecified atom stereocenters. The van der Waals surface area contributed by atoms with Gasteiger partial charge in [0.25, 0.3) is 0 Å². The maximum absolute atomic E-state index is 6.35. The molecule has 0 spiro atoms. The van der Waals surface area contributed by atoms with Gasteiger partial charge in [-0.3, -0.25) is 0 Å². The van der Waals surface area contributed by atoms with E-state index in [1.54, 1.807) is 0 Å². The molecule has 2 N–H and O–H groups in total. The smallest absolute Gasteiger partial charge is 0.123 e. The zero-order valence-corrected chi connectivity index (χ0v) is 13.7. The number of ether oxygens (including phenoxy) is 1. The fraction of sp³-hybridized carbons (Fsp3) is 0.684. The summed E-state index contributed by atoms with van der Waals surface area (Å²) >= 11 is 0. The van der Waals surface area contributed by atoms with Crippen LogP contribution < -0.4 is 10.5 Å². The van der Waals surface area contributed by atoms with Gasteiger partial charge in [0.05, 0.1) is 0 Å². The molecule has 0 saturated heterocycles. The Kier molecular flexibility index (Phi) is 6.56. The highest BCUT2D eigenvalue weighted by Crippen LogP contribution is 2.31. The van der Waals surface area contributed by atoms with Crippen LogP contribution in [0.5, 0.6) is 5.75 Å². The van der Waals surface area contributed by atoms with Crippen molar-refractivity contribution in [1.82, 2.24) is 0 Å². The molecule has 1 aromatic rings. The van der Waals surface area contributed by atoms with Crippen LogP contribution in [0.2, 0.25) is 0 Å². The Labute approximate surface area is 130 Å². The standard InChI is InChI=1S/C19H31NO/c1-3-4-5-6-7-8-9-10-18(20)16-11-12-19-17(14-16)13-15(2)21-19/h11-12,14-15,18H,3-10,13,20H2,1-2H3. The summed E-state index contributed by atoms with van der Waals surface area (Å²) in [5.74, 6) is 1.05. The largest absolute Gasteiger partial charge is 0.490 e. The van der Waals surface area contributed by atoms with E-state index in [2.05, 4.69) is 32.0 Å². The van der Waals surface area contributed by atoms with Crippen LogP contribution in [-0.2, 0) is 6.42 Å². The van der Waals surface area contributed by atoms with Crippen LogP contribution in [0.15, 0.2) is 18.2 Å². The van der Waals surface area contributed by atoms with E-state index in [9.17, 15) is 0 Å². The third kappa shape index (κ3) is 5.03. The van der Waals surface area contributed by atoms with E-state index in [4.69, 9.17) is 10.5 Å². The molecule has 0 aliphatic carbocycles. The molecule has 0 aromatic heterocycles. The highest BCUT2D eigenvalue weighted by atomic mass is 16.5. The van der Waals surface area contributed by atoms with Gasteiger partial charge in [0, 0.05) is 12.5 Å². The number of unbranched alkanes of at least 4 members (excludes halogenated alkanes) is 6. The summed E-state index contributed by atoms with van der Waals surface area (Å²) in [7, 11) is 0. The van der Waals surface area contributed by atoms with Gasteiger partial charge >= 0.3 is 0 Å². The lowest BCUT2D eigenvalue weighted by Crippen LogP contribution is -2.10. The highest BCUT2D eigenvalue weighted by Gasteiger charge is 2.19. The summed E-state index contributed by atoms with van der Waals surface area (Å²) in [6, 6.07) is 6.67. The Hall–Kier alpha value is -1.02. The van der Waals surface area contributed by atoms with Gasteiger partial charge in [0.2, 0.25) is 0 Å². The van der Waals surface area contributed by atoms with Crippen molar-refractivity contribution in [2.45, 2.75) is 83.8 Å². The van der Waals surface area contributed by atoms with E-state index in [1.807, 2.05) is 0 Å². The van der Waals surface area contributed by atoms with Gasteiger partial charge in [0.15, 0.2) is 0 Å². The molecule has 2 atom stereocenters. The molecule has 2 nitrogen and oxygen atoms in total. The monoisotopic (exact) mass is 289 g/mol. The fourth-order valence-electron chi connectivity index (χ4n) is 3.16. The summed E-state index contributed by atoms with van der Waals surface area (Å²) in [6.45, 7) is 4.39. The van der Waals surface area contributed by atoms with Crippen molar-refractivity contribution in [2.75, 3.05) is 0 Å². The van der Waals surface area contributed by atoms with Gasteiger partial charge in [0.1, 0.15) is 11.9 Å². The van der Waals surface area contributed by atoms with Crippen molar-refractivity contribution < 1.29 is 4.74 Å². The lowest BCUT2D eigenvalue weighted by molar-refractivity contribution is 0.254. The second-order valence-corrected chi connectivity index (χ2v) is 6.52. The van der Waals surface area contributed by atoms with Crippen molar-refractivity contribution in [1.29, 1.82) is 0 Å². The number of hydrogen-bond donors (Lipinski definition) is 1. The van der Waals surface area contributed by atoms with E-state index in [-0.39, 0.29) is 6.04 Å². The Morgan fingerprint density at radius 2 is 1.86 bits per heavy atom. The summed E-state index contributed by atoms with van der Waals surface area (Å²) < 4.78 is 5.75. The summed E-state index contributed by atoms with van der Waals surface area (Å²) in [6.07, 6.45) is 11.9. The number of rotatable bonds is 9. The zero-order valence-electron chi connectivity index (χ0n) is 13.7. The number of benzene rings is 1. The molecule has 0 bridgehead atoms. The average Bonchev–Trinajstić information content (AvgIpc) is 2.85. The summed E-state index contributed by atoms with van der Waals surface area (Å²) in [5.41, 5.74) is 8.95. The van der Waals surface area contributed by atoms with Crippen molar-refractivity contribution in [3.05, 3.63) is 29.3 Å². The Morgan fingerprint density at radius 3 is 2.62 bits per heavy atom. The lowest BCUT2D eigenvalue weighted by Gasteiger charge is -2.13. The van der Waals surface area contributed by atoms with Gasteiger partial charge in [-0.05, 0) is 30.5 Å². The predicted molar refractivity (Wildman–Crippen MR) is 89.8 cm³/mol. The van der Waals surface area contributed by atoms with Crippen LogP contribution in [-0.4, -0.2) is 6.10 Å². The molecule has 1 aromatic carbocycles. The molecular weight excluding hydrogens is 258 g/mol. The van der Waals surface area contributed by atoms with E-state index in [1.165, 1.54) is 56.1 Å². The molecule has 2 heteroatoms. The van der Waals surface area contributed by atoms with Gasteiger partial charge in [-0.1, -0.05) is 64.0 Å². The Bertz CT molecular complexity index is 430. The van der Waals surface area contributed by atoms with Gasteiger partial charge in [-0.15, -0.1) is 0 Å². The maximum atomic E-state index is 6.35. The molecule has 21 heavy (non-hydrogen) atoms. The third-order valence-corrected chi connectivity index (χ3v) is 4.47. The number of nitrogens with two attached hydrogens (primary N) is 1. The lowest BCUT2D eigenvalue weighted by atomic mass is 9.97. The second kappa shape index (κ2) is 8.43. The van der Waals surface area contributed by atoms with E-state index < -0.39 is 0 Å². The van der Waals surface area contributed by atoms with E-state index >= 15 is 0 Å². The average molecular weight is 289 g/mol. The van der Waals surface area contributed by atoms with Crippen LogP contribution in [0, 0.1) is 0 Å². The summed E-state index contributed by atoms with van der Waals surface area (Å²) in [4.78, 5) is 0. The molecule has 1 aliphatic rings. The molecule has 0 saturated carbocycles. The van der Waals surface area contributed by atoms with Gasteiger partial charge in [-0.2, -0.15) is 0 Å². The molecule has 0 radical (unpaired) electrons. The molecule has 1 aliphatic heterocycles. The quantitative estimate of drug-likeness (QED) is 0.638. The van der Waals surface area contributed by atoms with Crippen LogP contribution in [0.25, 0.3) is 0 Å². The number of hydrogen-bond acceptors (Lipinski definition) is 2. The molecule has 0 amide bonds. The van der Waals surface area contributed by atoms with Crippen molar-refractivity contribution >= 4 is 0 Å². The van der Waals surface area contributed by atoms with E-state index in [0.717, 1.165) is 18.6 Å². The molecule has 1 heterocycles. The van der Waals surface area contributed by atoms with Crippen LogP contribution in [0.1, 0.15) is 82.4 Å². The SMILES string of the molecule is CCCCCCCCCC(N)c1ccc2c(c1)CC(C)O2. The first-order chi connectivity index (χ1) is 10.2. The second-order valence-electron chi connectivity index (χ2n) is 6.52. The first-order valence-electron chi connectivity index (χ1n) is 8.75. The minimum atomic E-state index is 0.182. The van der Waals surface area contributed by atoms with Gasteiger partial charge < -0.3 is 10.5 Å². The highest BCUT2D eigenvalue weighted by molar-refractivity contribution is 5.41. The normalized spacial score (nSPS) is 18.3. The topological polar surface area (TPSA) is 35.2 Å². The molecule has 118 valence electrons. The van der Waals surface area contributed by atoms with Crippen LogP contribution >= 0.6 is 0 Å². The van der Waals surface area contributed by atoms with Crippen LogP contribution in [0.3, 0.4) is 0 Å².